The van der Waals surface area contributed by atoms with E-state index in [1.54, 1.807) is 0 Å². The molecule has 0 aliphatic rings. The lowest BCUT2D eigenvalue weighted by molar-refractivity contribution is 0.0959. The zero-order valence-corrected chi connectivity index (χ0v) is 15.0. The van der Waals surface area contributed by atoms with Crippen molar-refractivity contribution in [3.05, 3.63) is 52.1 Å². The Kier molecular flexibility index (Phi) is 4.59. The first-order valence-electron chi connectivity index (χ1n) is 6.91. The summed E-state index contributed by atoms with van der Waals surface area (Å²) in [6.45, 7) is 0. The van der Waals surface area contributed by atoms with E-state index in [4.69, 9.17) is 27.4 Å². The molecule has 0 aliphatic heterocycles. The van der Waals surface area contributed by atoms with Crippen LogP contribution in [0.2, 0.25) is 10.0 Å². The van der Waals surface area contributed by atoms with Crippen molar-refractivity contribution < 1.29 is 17.4 Å². The van der Waals surface area contributed by atoms with Gasteiger partial charge in [-0.05, 0) is 30.3 Å². The van der Waals surface area contributed by atoms with Crippen molar-refractivity contribution in [1.29, 1.82) is 0 Å². The zero-order valence-electron chi connectivity index (χ0n) is 12.7. The van der Waals surface area contributed by atoms with Gasteiger partial charge in [-0.1, -0.05) is 23.2 Å². The number of rotatable bonds is 4. The van der Waals surface area contributed by atoms with Crippen LogP contribution in [0.5, 0.6) is 5.75 Å². The van der Waals surface area contributed by atoms with Gasteiger partial charge >= 0.3 is 10.1 Å². The van der Waals surface area contributed by atoms with Gasteiger partial charge in [0.25, 0.3) is 5.91 Å². The molecule has 0 aliphatic carbocycles. The molecule has 2 aromatic carbocycles. The van der Waals surface area contributed by atoms with Crippen LogP contribution in [0.15, 0.2) is 41.3 Å². The molecule has 0 atom stereocenters. The highest BCUT2D eigenvalue weighted by Crippen LogP contribution is 2.29. The fourth-order valence-electron chi connectivity index (χ4n) is 2.14. The Hall–Kier alpha value is -2.29. The predicted molar refractivity (Wildman–Crippen MR) is 93.8 cm³/mol. The molecule has 10 heteroatoms. The second-order valence-corrected chi connectivity index (χ2v) is 7.33. The molecule has 0 unspecified atom stereocenters. The molecule has 3 rings (SSSR count). The summed E-state index contributed by atoms with van der Waals surface area (Å²) >= 11 is 11.7. The fourth-order valence-corrected chi connectivity index (χ4v) is 3.38. The van der Waals surface area contributed by atoms with Crippen LogP contribution in [0, 0.1) is 0 Å². The van der Waals surface area contributed by atoms with Crippen LogP contribution in [-0.4, -0.2) is 31.6 Å². The molecule has 0 saturated heterocycles. The highest BCUT2D eigenvalue weighted by Gasteiger charge is 2.21. The van der Waals surface area contributed by atoms with Crippen LogP contribution in [0.3, 0.4) is 0 Å². The van der Waals surface area contributed by atoms with Crippen molar-refractivity contribution in [3.8, 4) is 5.75 Å². The molecule has 1 amide bonds. The second-order valence-electron chi connectivity index (χ2n) is 4.97. The first-order valence-corrected chi connectivity index (χ1v) is 9.08. The smallest absolute Gasteiger partial charge is 0.339 e. The molecule has 3 aromatic rings. The molecular formula is C15H11Cl2N3O4S. The van der Waals surface area contributed by atoms with Gasteiger partial charge in [0.1, 0.15) is 10.6 Å². The summed E-state index contributed by atoms with van der Waals surface area (Å²) in [4.78, 5) is 11.7. The Morgan fingerprint density at radius 1 is 1.16 bits per heavy atom. The van der Waals surface area contributed by atoms with E-state index in [0.717, 1.165) is 0 Å². The first kappa shape index (κ1) is 17.5. The van der Waals surface area contributed by atoms with Crippen molar-refractivity contribution >= 4 is 50.1 Å². The van der Waals surface area contributed by atoms with Gasteiger partial charge in [0.2, 0.25) is 0 Å². The molecular weight excluding hydrogens is 389 g/mol. The third kappa shape index (κ3) is 3.41. The minimum absolute atomic E-state index is 0.0215. The van der Waals surface area contributed by atoms with E-state index < -0.39 is 16.0 Å². The van der Waals surface area contributed by atoms with E-state index in [-0.39, 0.29) is 26.4 Å². The summed E-state index contributed by atoms with van der Waals surface area (Å²) in [5.74, 6) is -0.417. The Balaban J connectivity index is 2.01. The summed E-state index contributed by atoms with van der Waals surface area (Å²) in [5, 5.41) is 9.80. The van der Waals surface area contributed by atoms with Crippen molar-refractivity contribution in [1.82, 2.24) is 15.5 Å². The Bertz CT molecular complexity index is 1080. The van der Waals surface area contributed by atoms with Gasteiger partial charge in [-0.2, -0.15) is 13.5 Å². The number of aromatic amines is 1. The molecule has 0 spiro atoms. The molecule has 0 radical (unpaired) electrons. The Labute approximate surface area is 153 Å². The summed E-state index contributed by atoms with van der Waals surface area (Å²) in [7, 11) is -2.68. The molecule has 1 aromatic heterocycles. The third-order valence-corrected chi connectivity index (χ3v) is 5.34. The summed E-state index contributed by atoms with van der Waals surface area (Å²) in [5.41, 5.74) is 0.608. The number of nitrogens with one attached hydrogen (secondary N) is 2. The molecule has 2 N–H and O–H groups in total. The maximum atomic E-state index is 12.5. The Morgan fingerprint density at radius 2 is 1.92 bits per heavy atom. The molecule has 7 nitrogen and oxygen atoms in total. The number of carbonyl (C=O) groups excluding carboxylic acids is 1. The lowest BCUT2D eigenvalue weighted by Gasteiger charge is -2.08. The van der Waals surface area contributed by atoms with Crippen molar-refractivity contribution in [2.24, 2.45) is 0 Å². The minimum atomic E-state index is -4.14. The highest BCUT2D eigenvalue weighted by molar-refractivity contribution is 7.87. The number of hydrogen-bond donors (Lipinski definition) is 2. The lowest BCUT2D eigenvalue weighted by Crippen LogP contribution is -2.18. The number of halogens is 2. The van der Waals surface area contributed by atoms with E-state index in [1.807, 2.05) is 0 Å². The van der Waals surface area contributed by atoms with Gasteiger partial charge in [0.05, 0.1) is 15.6 Å². The number of benzene rings is 2. The van der Waals surface area contributed by atoms with E-state index in [1.165, 1.54) is 43.4 Å². The number of aromatic nitrogens is 2. The summed E-state index contributed by atoms with van der Waals surface area (Å²) < 4.78 is 30.0. The normalized spacial score (nSPS) is 11.5. The van der Waals surface area contributed by atoms with Crippen molar-refractivity contribution in [3.63, 3.8) is 0 Å². The van der Waals surface area contributed by atoms with Gasteiger partial charge < -0.3 is 9.50 Å². The van der Waals surface area contributed by atoms with Crippen LogP contribution in [0.4, 0.5) is 0 Å². The maximum Gasteiger partial charge on any atom is 0.339 e. The number of H-pyrrole nitrogens is 1. The second kappa shape index (κ2) is 6.55. The SMILES string of the molecule is CNC(=O)c1n[nH]c2ccc(S(=O)(=O)Oc3ccc(Cl)c(Cl)c3)cc12. The summed E-state index contributed by atoms with van der Waals surface area (Å²) in [6, 6.07) is 8.28. The predicted octanol–water partition coefficient (Wildman–Crippen LogP) is 3.00. The number of carbonyl (C=O) groups is 1. The molecule has 0 bridgehead atoms. The lowest BCUT2D eigenvalue weighted by atomic mass is 10.2. The minimum Gasteiger partial charge on any atom is -0.379 e. The van der Waals surface area contributed by atoms with Crippen LogP contribution < -0.4 is 9.50 Å². The van der Waals surface area contributed by atoms with E-state index >= 15 is 0 Å². The average molecular weight is 400 g/mol. The maximum absolute atomic E-state index is 12.5. The molecule has 1 heterocycles. The number of nitrogens with zero attached hydrogens (tertiary/aromatic N) is 1. The van der Waals surface area contributed by atoms with Crippen LogP contribution in [0.25, 0.3) is 10.9 Å². The molecule has 25 heavy (non-hydrogen) atoms. The van der Waals surface area contributed by atoms with Crippen molar-refractivity contribution in [2.45, 2.75) is 4.90 Å². The first-order chi connectivity index (χ1) is 11.8. The van der Waals surface area contributed by atoms with Crippen LogP contribution >= 0.6 is 23.2 Å². The molecule has 0 fully saturated rings. The fraction of sp³-hybridized carbons (Fsp3) is 0.0667. The topological polar surface area (TPSA) is 101 Å². The number of fused-ring (bicyclic) bond motifs is 1. The van der Waals surface area contributed by atoms with Gasteiger partial charge in [-0.3, -0.25) is 9.89 Å². The van der Waals surface area contributed by atoms with Crippen LogP contribution in [-0.2, 0) is 10.1 Å². The van der Waals surface area contributed by atoms with Gasteiger partial charge in [0.15, 0.2) is 5.69 Å². The zero-order chi connectivity index (χ0) is 18.2. The van der Waals surface area contributed by atoms with Gasteiger partial charge in [-0.25, -0.2) is 0 Å². The summed E-state index contributed by atoms with van der Waals surface area (Å²) in [6.07, 6.45) is 0. The molecule has 130 valence electrons. The van der Waals surface area contributed by atoms with E-state index in [2.05, 4.69) is 15.5 Å². The van der Waals surface area contributed by atoms with Crippen LogP contribution in [0.1, 0.15) is 10.5 Å². The number of hydrogen-bond acceptors (Lipinski definition) is 5. The average Bonchev–Trinajstić information content (AvgIpc) is 3.00. The highest BCUT2D eigenvalue weighted by atomic mass is 35.5. The Morgan fingerprint density at radius 3 is 2.60 bits per heavy atom. The largest absolute Gasteiger partial charge is 0.379 e. The van der Waals surface area contributed by atoms with E-state index in [9.17, 15) is 13.2 Å². The molecule has 0 saturated carbocycles. The monoisotopic (exact) mass is 399 g/mol. The van der Waals surface area contributed by atoms with Gasteiger partial charge in [-0.15, -0.1) is 0 Å². The standard InChI is InChI=1S/C15H11Cl2N3O4S/c1-18-15(21)14-10-7-9(3-5-13(10)19-20-14)25(22,23)24-8-2-4-11(16)12(17)6-8/h2-7H,1H3,(H,18,21)(H,19,20). The van der Waals surface area contributed by atoms with Gasteiger partial charge in [0, 0.05) is 18.5 Å². The van der Waals surface area contributed by atoms with E-state index in [0.29, 0.717) is 10.9 Å². The van der Waals surface area contributed by atoms with Crippen molar-refractivity contribution in [2.75, 3.05) is 7.05 Å². The third-order valence-electron chi connectivity index (χ3n) is 3.36. The quantitative estimate of drug-likeness (QED) is 0.656. The number of amides is 1.